The largest absolute Gasteiger partial charge is 0.378 e. The van der Waals surface area contributed by atoms with Gasteiger partial charge in [-0.2, -0.15) is 0 Å². The van der Waals surface area contributed by atoms with Crippen molar-refractivity contribution in [3.8, 4) is 0 Å². The second-order valence-electron chi connectivity index (χ2n) is 6.45. The highest BCUT2D eigenvalue weighted by Gasteiger charge is 2.24. The zero-order valence-electron chi connectivity index (χ0n) is 15.5. The van der Waals surface area contributed by atoms with Crippen LogP contribution < -0.4 is 4.90 Å². The third-order valence-corrected chi connectivity index (χ3v) is 5.31. The maximum atomic E-state index is 12.2. The molecule has 1 aliphatic heterocycles. The summed E-state index contributed by atoms with van der Waals surface area (Å²) in [5.74, 6) is 0.904. The monoisotopic (exact) mass is 375 g/mol. The maximum Gasteiger partial charge on any atom is 0.235 e. The second-order valence-corrected chi connectivity index (χ2v) is 7.75. The highest BCUT2D eigenvalue weighted by molar-refractivity contribution is 8.00. The first-order valence-electron chi connectivity index (χ1n) is 8.74. The van der Waals surface area contributed by atoms with Crippen LogP contribution in [0.15, 0.2) is 35.5 Å². The van der Waals surface area contributed by atoms with Gasteiger partial charge in [0, 0.05) is 27.2 Å². The molecule has 0 radical (unpaired) electrons. The second kappa shape index (κ2) is 8.55. The van der Waals surface area contributed by atoms with Crippen LogP contribution in [0.1, 0.15) is 12.5 Å². The van der Waals surface area contributed by atoms with Crippen LogP contribution in [0.5, 0.6) is 0 Å². The lowest BCUT2D eigenvalue weighted by Crippen LogP contribution is -2.38. The van der Waals surface area contributed by atoms with Gasteiger partial charge in [-0.1, -0.05) is 42.1 Å². The fourth-order valence-corrected chi connectivity index (χ4v) is 3.83. The molecule has 8 heteroatoms. The van der Waals surface area contributed by atoms with Crippen molar-refractivity contribution in [3.63, 3.8) is 0 Å². The molecule has 0 N–H and O–H groups in total. The Hall–Kier alpha value is -2.06. The van der Waals surface area contributed by atoms with Crippen LogP contribution in [-0.4, -0.2) is 71.2 Å². The van der Waals surface area contributed by atoms with Gasteiger partial charge in [-0.05, 0) is 12.5 Å². The van der Waals surface area contributed by atoms with E-state index in [1.165, 1.54) is 17.3 Å². The lowest BCUT2D eigenvalue weighted by molar-refractivity contribution is -0.127. The summed E-state index contributed by atoms with van der Waals surface area (Å²) in [5, 5.41) is 9.36. The molecule has 3 rings (SSSR count). The summed E-state index contributed by atoms with van der Waals surface area (Å²) in [5.41, 5.74) is 1.18. The van der Waals surface area contributed by atoms with E-state index in [0.29, 0.717) is 19.8 Å². The molecular weight excluding hydrogens is 350 g/mol. The average Bonchev–Trinajstić information content (AvgIpc) is 3.04. The highest BCUT2D eigenvalue weighted by atomic mass is 32.2. The van der Waals surface area contributed by atoms with E-state index in [-0.39, 0.29) is 11.2 Å². The first-order valence-corrected chi connectivity index (χ1v) is 9.62. The van der Waals surface area contributed by atoms with E-state index in [1.807, 2.05) is 25.1 Å². The summed E-state index contributed by atoms with van der Waals surface area (Å²) in [6, 6.07) is 10.2. The Bertz CT molecular complexity index is 728. The van der Waals surface area contributed by atoms with E-state index in [1.54, 1.807) is 19.0 Å². The number of carbonyl (C=O) groups is 1. The van der Waals surface area contributed by atoms with Gasteiger partial charge < -0.3 is 14.5 Å². The van der Waals surface area contributed by atoms with E-state index in [2.05, 4.69) is 31.8 Å². The zero-order valence-corrected chi connectivity index (χ0v) is 16.3. The minimum atomic E-state index is -0.221. The van der Waals surface area contributed by atoms with Gasteiger partial charge in [-0.15, -0.1) is 10.2 Å². The number of ether oxygens (including phenoxy) is 1. The minimum Gasteiger partial charge on any atom is -0.378 e. The molecular formula is C18H25N5O2S. The Kier molecular flexibility index (Phi) is 6.16. The standard InChI is InChI=1S/C18H25N5O2S/c1-14(16(24)21(2)3)26-18-20-19-17(22-9-11-25-12-10-22)23(18)13-15-7-5-4-6-8-15/h4-8,14H,9-13H2,1-3H3/t14-/m1/s1. The van der Waals surface area contributed by atoms with Gasteiger partial charge in [0.05, 0.1) is 25.0 Å². The number of thioether (sulfide) groups is 1. The number of benzene rings is 1. The zero-order chi connectivity index (χ0) is 18.5. The lowest BCUT2D eigenvalue weighted by atomic mass is 10.2. The Morgan fingerprint density at radius 2 is 1.92 bits per heavy atom. The SMILES string of the molecule is C[C@@H](Sc1nnc(N2CCOCC2)n1Cc1ccccc1)C(=O)N(C)C. The van der Waals surface area contributed by atoms with Gasteiger partial charge in [0.1, 0.15) is 0 Å². The molecule has 1 fully saturated rings. The van der Waals surface area contributed by atoms with Gasteiger partial charge in [0.15, 0.2) is 5.16 Å². The summed E-state index contributed by atoms with van der Waals surface area (Å²) in [6.07, 6.45) is 0. The maximum absolute atomic E-state index is 12.2. The number of hydrogen-bond donors (Lipinski definition) is 0. The molecule has 0 unspecified atom stereocenters. The molecule has 2 heterocycles. The van der Waals surface area contributed by atoms with E-state index in [0.717, 1.165) is 24.2 Å². The predicted octanol–water partition coefficient (Wildman–Crippen LogP) is 1.73. The molecule has 7 nitrogen and oxygen atoms in total. The van der Waals surface area contributed by atoms with E-state index in [4.69, 9.17) is 4.74 Å². The van der Waals surface area contributed by atoms with Crippen LogP contribution in [0.4, 0.5) is 5.95 Å². The third kappa shape index (κ3) is 4.37. The van der Waals surface area contributed by atoms with Crippen molar-refractivity contribution in [2.45, 2.75) is 23.9 Å². The molecule has 0 spiro atoms. The third-order valence-electron chi connectivity index (χ3n) is 4.25. The van der Waals surface area contributed by atoms with Crippen LogP contribution in [0.2, 0.25) is 0 Å². The molecule has 0 bridgehead atoms. The summed E-state index contributed by atoms with van der Waals surface area (Å²) < 4.78 is 7.56. The van der Waals surface area contributed by atoms with Crippen LogP contribution >= 0.6 is 11.8 Å². The van der Waals surface area contributed by atoms with Crippen LogP contribution in [0.25, 0.3) is 0 Å². The number of anilines is 1. The van der Waals surface area contributed by atoms with Crippen molar-refractivity contribution in [2.75, 3.05) is 45.3 Å². The number of amides is 1. The molecule has 0 aliphatic carbocycles. The van der Waals surface area contributed by atoms with Crippen LogP contribution in [0, 0.1) is 0 Å². The van der Waals surface area contributed by atoms with E-state index in [9.17, 15) is 4.79 Å². The molecule has 1 atom stereocenters. The average molecular weight is 375 g/mol. The summed E-state index contributed by atoms with van der Waals surface area (Å²) in [7, 11) is 3.54. The number of hydrogen-bond acceptors (Lipinski definition) is 6. The van der Waals surface area contributed by atoms with Crippen molar-refractivity contribution in [3.05, 3.63) is 35.9 Å². The molecule has 140 valence electrons. The Morgan fingerprint density at radius 1 is 1.23 bits per heavy atom. The fraction of sp³-hybridized carbons (Fsp3) is 0.500. The van der Waals surface area contributed by atoms with Crippen molar-refractivity contribution in [2.24, 2.45) is 0 Å². The normalized spacial score (nSPS) is 15.7. The van der Waals surface area contributed by atoms with Crippen LogP contribution in [0.3, 0.4) is 0 Å². The van der Waals surface area contributed by atoms with E-state index < -0.39 is 0 Å². The van der Waals surface area contributed by atoms with Gasteiger partial charge in [0.25, 0.3) is 0 Å². The number of morpholine rings is 1. The molecule has 1 aliphatic rings. The van der Waals surface area contributed by atoms with Crippen molar-refractivity contribution >= 4 is 23.6 Å². The predicted molar refractivity (Wildman–Crippen MR) is 103 cm³/mol. The summed E-state index contributed by atoms with van der Waals surface area (Å²) in [4.78, 5) is 16.1. The molecule has 2 aromatic rings. The van der Waals surface area contributed by atoms with Gasteiger partial charge >= 0.3 is 0 Å². The molecule has 1 aromatic heterocycles. The van der Waals surface area contributed by atoms with Crippen molar-refractivity contribution in [1.29, 1.82) is 0 Å². The van der Waals surface area contributed by atoms with Crippen molar-refractivity contribution < 1.29 is 9.53 Å². The van der Waals surface area contributed by atoms with Crippen molar-refractivity contribution in [1.82, 2.24) is 19.7 Å². The molecule has 1 amide bonds. The summed E-state index contributed by atoms with van der Waals surface area (Å²) >= 11 is 1.45. The van der Waals surface area contributed by atoms with Gasteiger partial charge in [-0.25, -0.2) is 0 Å². The van der Waals surface area contributed by atoms with Gasteiger partial charge in [0.2, 0.25) is 11.9 Å². The van der Waals surface area contributed by atoms with Gasteiger partial charge in [-0.3, -0.25) is 9.36 Å². The smallest absolute Gasteiger partial charge is 0.235 e. The first kappa shape index (κ1) is 18.7. The fourth-order valence-electron chi connectivity index (χ4n) is 2.84. The van der Waals surface area contributed by atoms with Crippen LogP contribution in [-0.2, 0) is 16.1 Å². The molecule has 0 saturated carbocycles. The topological polar surface area (TPSA) is 63.5 Å². The molecule has 1 aromatic carbocycles. The lowest BCUT2D eigenvalue weighted by Gasteiger charge is -2.28. The Balaban J connectivity index is 1.88. The number of aromatic nitrogens is 3. The number of rotatable bonds is 6. The quantitative estimate of drug-likeness (QED) is 0.717. The molecule has 26 heavy (non-hydrogen) atoms. The summed E-state index contributed by atoms with van der Waals surface area (Å²) in [6.45, 7) is 5.55. The Labute approximate surface area is 158 Å². The first-order chi connectivity index (χ1) is 12.6. The minimum absolute atomic E-state index is 0.0668. The Morgan fingerprint density at radius 3 is 2.58 bits per heavy atom. The number of carbonyl (C=O) groups excluding carboxylic acids is 1. The molecule has 1 saturated heterocycles. The number of nitrogens with zero attached hydrogens (tertiary/aromatic N) is 5. The van der Waals surface area contributed by atoms with E-state index >= 15 is 0 Å². The highest BCUT2D eigenvalue weighted by Crippen LogP contribution is 2.27.